The van der Waals surface area contributed by atoms with Gasteiger partial charge in [-0.15, -0.1) is 0 Å². The lowest BCUT2D eigenvalue weighted by molar-refractivity contribution is -0.161. The number of furan rings is 1. The van der Waals surface area contributed by atoms with E-state index in [0.29, 0.717) is 34.8 Å². The van der Waals surface area contributed by atoms with Gasteiger partial charge in [0.1, 0.15) is 28.4 Å². The molecule has 10 heteroatoms. The van der Waals surface area contributed by atoms with E-state index in [4.69, 9.17) is 4.42 Å². The monoisotopic (exact) mass is 491 g/mol. The molecule has 35 heavy (non-hydrogen) atoms. The van der Waals surface area contributed by atoms with Crippen LogP contribution in [-0.4, -0.2) is 34.4 Å². The van der Waals surface area contributed by atoms with E-state index in [2.05, 4.69) is 10.6 Å². The number of nitrogens with one attached hydrogen (secondary N) is 2. The Kier molecular flexibility index (Phi) is 6.28. The number of hydrogen-bond acceptors (Lipinski definition) is 5. The number of aliphatic hydroxyl groups excluding tert-OH is 1. The Morgan fingerprint density at radius 3 is 2.43 bits per heavy atom. The summed E-state index contributed by atoms with van der Waals surface area (Å²) >= 11 is 0. The summed E-state index contributed by atoms with van der Waals surface area (Å²) in [5, 5.41) is 24.6. The normalized spacial score (nSPS) is 17.2. The highest BCUT2D eigenvalue weighted by atomic mass is 19.4. The number of amides is 1. The lowest BCUT2D eigenvalue weighted by atomic mass is 9.97. The van der Waals surface area contributed by atoms with Crippen molar-refractivity contribution in [1.29, 1.82) is 5.26 Å². The van der Waals surface area contributed by atoms with Gasteiger partial charge in [0.2, 0.25) is 5.91 Å². The number of hydrogen-bond donors (Lipinski definition) is 3. The average Bonchev–Trinajstić information content (AvgIpc) is 3.45. The number of aliphatic hydroxyl groups is 1. The maximum Gasteiger partial charge on any atom is 0.407 e. The van der Waals surface area contributed by atoms with Gasteiger partial charge in [0.25, 0.3) is 0 Å². The second-order valence-corrected chi connectivity index (χ2v) is 9.65. The van der Waals surface area contributed by atoms with Crippen molar-refractivity contribution in [2.45, 2.75) is 69.2 Å². The molecular weight excluding hydrogens is 466 g/mol. The lowest BCUT2D eigenvalue weighted by Gasteiger charge is -2.30. The fourth-order valence-electron chi connectivity index (χ4n) is 4.13. The first-order valence-electron chi connectivity index (χ1n) is 11.2. The molecule has 0 bridgehead atoms. The number of nitrogens with zero attached hydrogens (tertiary/aromatic N) is 1. The molecule has 1 aliphatic carbocycles. The molecule has 0 radical (unpaired) electrons. The van der Waals surface area contributed by atoms with Crippen LogP contribution in [0.5, 0.6) is 0 Å². The summed E-state index contributed by atoms with van der Waals surface area (Å²) in [5.74, 6) is -0.856. The van der Waals surface area contributed by atoms with Gasteiger partial charge in [-0.3, -0.25) is 10.1 Å². The van der Waals surface area contributed by atoms with Gasteiger partial charge < -0.3 is 14.8 Å². The molecule has 1 heterocycles. The number of carbonyl (C=O) groups excluding carboxylic acids is 1. The summed E-state index contributed by atoms with van der Waals surface area (Å²) in [7, 11) is 0. The van der Waals surface area contributed by atoms with Crippen LogP contribution in [0.2, 0.25) is 0 Å². The van der Waals surface area contributed by atoms with Crippen molar-refractivity contribution in [1.82, 2.24) is 10.6 Å². The van der Waals surface area contributed by atoms with E-state index < -0.39 is 41.8 Å². The third-order valence-electron chi connectivity index (χ3n) is 6.10. The van der Waals surface area contributed by atoms with Crippen LogP contribution < -0.4 is 10.6 Å². The van der Waals surface area contributed by atoms with Gasteiger partial charge in [0.15, 0.2) is 0 Å². The molecular formula is C25H25F4N3O3. The van der Waals surface area contributed by atoms with Crippen molar-refractivity contribution in [3.8, 4) is 6.07 Å². The van der Waals surface area contributed by atoms with E-state index in [0.717, 1.165) is 0 Å². The number of rotatable bonds is 8. The third kappa shape index (κ3) is 5.41. The first-order chi connectivity index (χ1) is 16.3. The van der Waals surface area contributed by atoms with Gasteiger partial charge in [-0.05, 0) is 56.0 Å². The number of fused-ring (bicyclic) bond motifs is 3. The van der Waals surface area contributed by atoms with Gasteiger partial charge in [-0.1, -0.05) is 18.2 Å². The van der Waals surface area contributed by atoms with Gasteiger partial charge >= 0.3 is 6.18 Å². The molecule has 186 valence electrons. The average molecular weight is 491 g/mol. The molecule has 1 amide bonds. The number of halogens is 4. The Labute approximate surface area is 198 Å². The van der Waals surface area contributed by atoms with Crippen molar-refractivity contribution in [2.24, 2.45) is 0 Å². The van der Waals surface area contributed by atoms with Crippen molar-refractivity contribution < 1.29 is 31.9 Å². The molecule has 1 unspecified atom stereocenters. The quantitative estimate of drug-likeness (QED) is 0.388. The summed E-state index contributed by atoms with van der Waals surface area (Å²) in [6.07, 6.45) is -4.55. The molecule has 4 rings (SSSR count). The molecule has 6 nitrogen and oxygen atoms in total. The molecule has 0 spiro atoms. The molecule has 2 aromatic carbocycles. The Balaban J connectivity index is 1.69. The summed E-state index contributed by atoms with van der Waals surface area (Å²) < 4.78 is 62.7. The predicted molar refractivity (Wildman–Crippen MR) is 121 cm³/mol. The molecule has 1 saturated carbocycles. The highest BCUT2D eigenvalue weighted by molar-refractivity contribution is 6.05. The van der Waals surface area contributed by atoms with Crippen LogP contribution in [0.1, 0.15) is 50.3 Å². The zero-order chi connectivity index (χ0) is 25.6. The van der Waals surface area contributed by atoms with E-state index >= 15 is 0 Å². The summed E-state index contributed by atoms with van der Waals surface area (Å²) in [5.41, 5.74) is -1.96. The van der Waals surface area contributed by atoms with Crippen LogP contribution in [0.15, 0.2) is 40.8 Å². The van der Waals surface area contributed by atoms with Crippen molar-refractivity contribution in [3.05, 3.63) is 47.5 Å². The summed E-state index contributed by atoms with van der Waals surface area (Å²) in [6.45, 7) is 2.16. The largest absolute Gasteiger partial charge is 0.456 e. The molecule has 0 saturated heterocycles. The predicted octanol–water partition coefficient (Wildman–Crippen LogP) is 4.95. The minimum absolute atomic E-state index is 0.192. The molecule has 2 atom stereocenters. The molecule has 1 aliphatic rings. The summed E-state index contributed by atoms with van der Waals surface area (Å²) in [4.78, 5) is 12.8. The standard InChI is InChI=1S/C25H25F4N3O3/c1-23(2,26)11-18(22(34)32-24(13-30)7-8-24)31-21(25(27,28)29)15-4-5-16-17-9-14(12-33)3-6-19(17)35-20(16)10-15/h3-6,9-10,18,21,31,33H,7-8,11-12H2,1-2H3,(H,32,34)/t18-,21?/m0/s1. The first-order valence-corrected chi connectivity index (χ1v) is 11.2. The highest BCUT2D eigenvalue weighted by Gasteiger charge is 2.48. The summed E-state index contributed by atoms with van der Waals surface area (Å²) in [6, 6.07) is 7.12. The van der Waals surface area contributed by atoms with Crippen molar-refractivity contribution >= 4 is 27.8 Å². The Bertz CT molecular complexity index is 1300. The molecule has 1 fully saturated rings. The fourth-order valence-corrected chi connectivity index (χ4v) is 4.13. The fraction of sp³-hybridized carbons (Fsp3) is 0.440. The highest BCUT2D eigenvalue weighted by Crippen LogP contribution is 2.38. The van der Waals surface area contributed by atoms with Crippen LogP contribution >= 0.6 is 0 Å². The minimum atomic E-state index is -4.81. The maximum atomic E-state index is 14.5. The molecule has 1 aromatic heterocycles. The minimum Gasteiger partial charge on any atom is -0.456 e. The number of nitriles is 1. The third-order valence-corrected chi connectivity index (χ3v) is 6.10. The Morgan fingerprint density at radius 1 is 1.14 bits per heavy atom. The Hall–Kier alpha value is -3.16. The van der Waals surface area contributed by atoms with Gasteiger partial charge in [-0.2, -0.15) is 18.4 Å². The van der Waals surface area contributed by atoms with Crippen LogP contribution in [0.25, 0.3) is 21.9 Å². The first kappa shape index (κ1) is 24.9. The number of benzene rings is 2. The van der Waals surface area contributed by atoms with Crippen molar-refractivity contribution in [3.63, 3.8) is 0 Å². The van der Waals surface area contributed by atoms with E-state index in [-0.39, 0.29) is 17.8 Å². The number of alkyl halides is 4. The van der Waals surface area contributed by atoms with Crippen LogP contribution in [-0.2, 0) is 11.4 Å². The topological polar surface area (TPSA) is 98.3 Å². The van der Waals surface area contributed by atoms with E-state index in [1.165, 1.54) is 32.0 Å². The van der Waals surface area contributed by atoms with Gasteiger partial charge in [-0.25, -0.2) is 4.39 Å². The smallest absolute Gasteiger partial charge is 0.407 e. The Morgan fingerprint density at radius 2 is 1.86 bits per heavy atom. The lowest BCUT2D eigenvalue weighted by Crippen LogP contribution is -2.53. The number of carbonyl (C=O) groups is 1. The van der Waals surface area contributed by atoms with Crippen molar-refractivity contribution in [2.75, 3.05) is 0 Å². The second-order valence-electron chi connectivity index (χ2n) is 9.65. The zero-order valence-corrected chi connectivity index (χ0v) is 19.2. The molecule has 0 aliphatic heterocycles. The second kappa shape index (κ2) is 8.81. The van der Waals surface area contributed by atoms with Crippen LogP contribution in [0, 0.1) is 11.3 Å². The molecule has 3 N–H and O–H groups in total. The van der Waals surface area contributed by atoms with Crippen LogP contribution in [0.3, 0.4) is 0 Å². The van der Waals surface area contributed by atoms with E-state index in [1.807, 2.05) is 6.07 Å². The van der Waals surface area contributed by atoms with Gasteiger partial charge in [0, 0.05) is 17.2 Å². The molecule has 3 aromatic rings. The van der Waals surface area contributed by atoms with E-state index in [1.54, 1.807) is 18.2 Å². The van der Waals surface area contributed by atoms with Crippen LogP contribution in [0.4, 0.5) is 17.6 Å². The SMILES string of the molecule is CC(C)(F)C[C@H](NC(c1ccc2c(c1)oc1ccc(CO)cc12)C(F)(F)F)C(=O)NC1(C#N)CC1. The zero-order valence-electron chi connectivity index (χ0n) is 19.2. The van der Waals surface area contributed by atoms with E-state index in [9.17, 15) is 32.7 Å². The van der Waals surface area contributed by atoms with Gasteiger partial charge in [0.05, 0.1) is 18.7 Å². The maximum absolute atomic E-state index is 14.5.